The number of benzene rings is 2. The minimum atomic E-state index is -4.09. The van der Waals surface area contributed by atoms with Gasteiger partial charge in [0.25, 0.3) is 15.7 Å². The van der Waals surface area contributed by atoms with E-state index in [-0.39, 0.29) is 28.2 Å². The van der Waals surface area contributed by atoms with Crippen molar-refractivity contribution in [1.29, 1.82) is 0 Å². The standard InChI is InChI=1S/C17H16BrN3O5S/c1-10-6-12-7-13(18)8-16(17(12)20(10)11(2)22)27(25,26)19-14-4-3-5-15(9-14)21(23)24/h3-5,7-10,19H,6H2,1-2H3/t10-/m1/s1. The molecule has 142 valence electrons. The van der Waals surface area contributed by atoms with Crippen LogP contribution in [0.5, 0.6) is 0 Å². The number of hydrogen-bond donors (Lipinski definition) is 1. The molecule has 0 saturated heterocycles. The molecule has 1 heterocycles. The predicted octanol–water partition coefficient (Wildman–Crippen LogP) is 3.46. The van der Waals surface area contributed by atoms with Gasteiger partial charge in [0.05, 0.1) is 16.3 Å². The number of nitrogens with one attached hydrogen (secondary N) is 1. The van der Waals surface area contributed by atoms with Gasteiger partial charge in [-0.05, 0) is 37.1 Å². The van der Waals surface area contributed by atoms with Gasteiger partial charge in [-0.1, -0.05) is 22.0 Å². The van der Waals surface area contributed by atoms with Crippen molar-refractivity contribution in [2.75, 3.05) is 9.62 Å². The third kappa shape index (κ3) is 3.67. The molecule has 3 rings (SSSR count). The van der Waals surface area contributed by atoms with Gasteiger partial charge in [-0.2, -0.15) is 0 Å². The van der Waals surface area contributed by atoms with Crippen LogP contribution in [0.25, 0.3) is 0 Å². The second-order valence-corrected chi connectivity index (χ2v) is 8.83. The molecule has 0 spiro atoms. The molecule has 0 bridgehead atoms. The second kappa shape index (κ2) is 6.93. The van der Waals surface area contributed by atoms with Crippen LogP contribution in [0.3, 0.4) is 0 Å². The summed E-state index contributed by atoms with van der Waals surface area (Å²) in [6.07, 6.45) is 0.535. The summed E-state index contributed by atoms with van der Waals surface area (Å²) in [5.74, 6) is -0.254. The maximum atomic E-state index is 13.0. The summed E-state index contributed by atoms with van der Waals surface area (Å²) in [5, 5.41) is 10.9. The third-order valence-electron chi connectivity index (χ3n) is 4.25. The number of hydrogen-bond acceptors (Lipinski definition) is 5. The number of non-ortho nitro benzene ring substituents is 1. The highest BCUT2D eigenvalue weighted by atomic mass is 79.9. The smallest absolute Gasteiger partial charge is 0.271 e. The number of nitrogens with zero attached hydrogens (tertiary/aromatic N) is 2. The normalized spacial score (nSPS) is 16.1. The number of carbonyl (C=O) groups is 1. The molecule has 2 aromatic carbocycles. The van der Waals surface area contributed by atoms with Crippen LogP contribution < -0.4 is 9.62 Å². The zero-order valence-electron chi connectivity index (χ0n) is 14.5. The Hall–Kier alpha value is -2.46. The van der Waals surface area contributed by atoms with E-state index in [0.29, 0.717) is 16.6 Å². The van der Waals surface area contributed by atoms with Gasteiger partial charge in [0.15, 0.2) is 0 Å². The average Bonchev–Trinajstić information content (AvgIpc) is 2.89. The maximum absolute atomic E-state index is 13.0. The van der Waals surface area contributed by atoms with Gasteiger partial charge in [-0.3, -0.25) is 19.6 Å². The SMILES string of the molecule is CC(=O)N1c2c(cc(Br)cc2S(=O)(=O)Nc2cccc([N+](=O)[O-])c2)C[C@H]1C. The minimum Gasteiger partial charge on any atom is -0.308 e. The van der Waals surface area contributed by atoms with Crippen LogP contribution in [0, 0.1) is 10.1 Å². The van der Waals surface area contributed by atoms with Crippen LogP contribution in [0.1, 0.15) is 19.4 Å². The first-order valence-electron chi connectivity index (χ1n) is 7.99. The summed E-state index contributed by atoms with van der Waals surface area (Å²) < 4.78 is 29.0. The minimum absolute atomic E-state index is 0.0575. The van der Waals surface area contributed by atoms with Crippen molar-refractivity contribution in [3.05, 3.63) is 56.5 Å². The Morgan fingerprint density at radius 2 is 2.04 bits per heavy atom. The van der Waals surface area contributed by atoms with E-state index < -0.39 is 14.9 Å². The largest absolute Gasteiger partial charge is 0.308 e. The van der Waals surface area contributed by atoms with E-state index in [9.17, 15) is 23.3 Å². The van der Waals surface area contributed by atoms with Crippen molar-refractivity contribution < 1.29 is 18.1 Å². The summed E-state index contributed by atoms with van der Waals surface area (Å²) in [5.41, 5.74) is 0.926. The Morgan fingerprint density at radius 1 is 1.33 bits per heavy atom. The zero-order valence-corrected chi connectivity index (χ0v) is 16.9. The fourth-order valence-corrected chi connectivity index (χ4v) is 5.22. The molecule has 1 aliphatic heterocycles. The Bertz CT molecular complexity index is 1050. The number of carbonyl (C=O) groups excluding carboxylic acids is 1. The van der Waals surface area contributed by atoms with Crippen molar-refractivity contribution in [1.82, 2.24) is 0 Å². The van der Waals surface area contributed by atoms with Crippen LogP contribution in [-0.4, -0.2) is 25.3 Å². The van der Waals surface area contributed by atoms with Crippen molar-refractivity contribution in [3.63, 3.8) is 0 Å². The number of amides is 1. The van der Waals surface area contributed by atoms with Gasteiger partial charge < -0.3 is 4.90 Å². The summed E-state index contributed by atoms with van der Waals surface area (Å²) in [6.45, 7) is 3.23. The quantitative estimate of drug-likeness (QED) is 0.562. The molecule has 0 aliphatic carbocycles. The van der Waals surface area contributed by atoms with Crippen molar-refractivity contribution in [2.24, 2.45) is 0 Å². The first-order valence-corrected chi connectivity index (χ1v) is 10.3. The molecular formula is C17H16BrN3O5S. The van der Waals surface area contributed by atoms with Gasteiger partial charge in [-0.15, -0.1) is 0 Å². The van der Waals surface area contributed by atoms with E-state index in [0.717, 1.165) is 11.6 Å². The van der Waals surface area contributed by atoms with Gasteiger partial charge in [0.2, 0.25) is 5.91 Å². The van der Waals surface area contributed by atoms with Crippen molar-refractivity contribution in [2.45, 2.75) is 31.2 Å². The molecule has 1 N–H and O–H groups in total. The molecular weight excluding hydrogens is 438 g/mol. The zero-order chi connectivity index (χ0) is 19.9. The molecule has 0 saturated carbocycles. The van der Waals surface area contributed by atoms with Crippen LogP contribution in [-0.2, 0) is 21.2 Å². The van der Waals surface area contributed by atoms with E-state index in [2.05, 4.69) is 20.7 Å². The lowest BCUT2D eigenvalue weighted by molar-refractivity contribution is -0.384. The molecule has 1 amide bonds. The summed E-state index contributed by atoms with van der Waals surface area (Å²) in [4.78, 5) is 23.8. The van der Waals surface area contributed by atoms with Crippen molar-refractivity contribution >= 4 is 48.9 Å². The average molecular weight is 454 g/mol. The Kier molecular flexibility index (Phi) is 4.96. The lowest BCUT2D eigenvalue weighted by atomic mass is 10.1. The first-order chi connectivity index (χ1) is 12.6. The lowest BCUT2D eigenvalue weighted by Gasteiger charge is -2.23. The van der Waals surface area contributed by atoms with E-state index in [1.165, 1.54) is 36.1 Å². The molecule has 27 heavy (non-hydrogen) atoms. The number of anilines is 2. The number of nitro benzene ring substituents is 1. The molecule has 0 fully saturated rings. The van der Waals surface area contributed by atoms with Gasteiger partial charge in [-0.25, -0.2) is 8.42 Å². The van der Waals surface area contributed by atoms with Crippen LogP contribution in [0.2, 0.25) is 0 Å². The summed E-state index contributed by atoms with van der Waals surface area (Å²) in [7, 11) is -4.09. The van der Waals surface area contributed by atoms with Crippen LogP contribution >= 0.6 is 15.9 Å². The second-order valence-electron chi connectivity index (χ2n) is 6.27. The molecule has 10 heteroatoms. The number of rotatable bonds is 4. The molecule has 0 unspecified atom stereocenters. The van der Waals surface area contributed by atoms with Crippen molar-refractivity contribution in [3.8, 4) is 0 Å². The molecule has 0 radical (unpaired) electrons. The maximum Gasteiger partial charge on any atom is 0.271 e. The fraction of sp³-hybridized carbons (Fsp3) is 0.235. The highest BCUT2D eigenvalue weighted by molar-refractivity contribution is 9.10. The number of sulfonamides is 1. The monoisotopic (exact) mass is 453 g/mol. The number of nitro groups is 1. The summed E-state index contributed by atoms with van der Waals surface area (Å²) >= 11 is 3.32. The summed E-state index contributed by atoms with van der Waals surface area (Å²) in [6, 6.07) is 8.28. The molecule has 2 aromatic rings. The van der Waals surface area contributed by atoms with Gasteiger partial charge in [0.1, 0.15) is 4.90 Å². The third-order valence-corrected chi connectivity index (χ3v) is 6.11. The molecule has 1 atom stereocenters. The fourth-order valence-electron chi connectivity index (χ4n) is 3.25. The highest BCUT2D eigenvalue weighted by Gasteiger charge is 2.35. The topological polar surface area (TPSA) is 110 Å². The van der Waals surface area contributed by atoms with E-state index >= 15 is 0 Å². The molecule has 0 aromatic heterocycles. The molecule has 8 nitrogen and oxygen atoms in total. The van der Waals surface area contributed by atoms with E-state index in [4.69, 9.17) is 0 Å². The number of fused-ring (bicyclic) bond motifs is 1. The van der Waals surface area contributed by atoms with Crippen LogP contribution in [0.4, 0.5) is 17.1 Å². The van der Waals surface area contributed by atoms with E-state index in [1.54, 1.807) is 6.07 Å². The number of halogens is 1. The van der Waals surface area contributed by atoms with Crippen LogP contribution in [0.15, 0.2) is 45.8 Å². The van der Waals surface area contributed by atoms with E-state index in [1.807, 2.05) is 6.92 Å². The highest BCUT2D eigenvalue weighted by Crippen LogP contribution is 2.40. The Labute approximate surface area is 164 Å². The first kappa shape index (κ1) is 19.3. The van der Waals surface area contributed by atoms with Gasteiger partial charge in [0, 0.05) is 29.6 Å². The van der Waals surface area contributed by atoms with Gasteiger partial charge >= 0.3 is 0 Å². The molecule has 1 aliphatic rings. The Balaban J connectivity index is 2.10. The Morgan fingerprint density at radius 3 is 2.67 bits per heavy atom. The predicted molar refractivity (Wildman–Crippen MR) is 104 cm³/mol. The lowest BCUT2D eigenvalue weighted by Crippen LogP contribution is -2.34.